The summed E-state index contributed by atoms with van der Waals surface area (Å²) in [6.07, 6.45) is 3.54. The van der Waals surface area contributed by atoms with Crippen LogP contribution in [0.2, 0.25) is 0 Å². The van der Waals surface area contributed by atoms with Gasteiger partial charge >= 0.3 is 6.03 Å². The van der Waals surface area contributed by atoms with Crippen LogP contribution in [0.1, 0.15) is 5.69 Å². The number of benzene rings is 2. The van der Waals surface area contributed by atoms with Crippen LogP contribution in [0.4, 0.5) is 10.5 Å². The zero-order valence-corrected chi connectivity index (χ0v) is 16.2. The standard InChI is InChI=1S/C18H14Br2N4O/c19-13-6-8-16(9-7-13)24-10-2-5-17(24)12-21-23-18(25)22-15-4-1-3-14(20)11-15/h1-12H,(H2,22,23,25)/b21-12+. The fourth-order valence-corrected chi connectivity index (χ4v) is 2.88. The third-order valence-corrected chi connectivity index (χ3v) is 4.35. The molecule has 0 radical (unpaired) electrons. The average molecular weight is 462 g/mol. The number of nitrogens with one attached hydrogen (secondary N) is 2. The molecule has 0 aliphatic heterocycles. The number of amides is 2. The Morgan fingerprint density at radius 2 is 1.80 bits per heavy atom. The molecule has 25 heavy (non-hydrogen) atoms. The minimum atomic E-state index is -0.406. The van der Waals surface area contributed by atoms with Gasteiger partial charge in [0.25, 0.3) is 0 Å². The molecule has 3 aromatic rings. The number of hydrogen-bond acceptors (Lipinski definition) is 2. The maximum Gasteiger partial charge on any atom is 0.339 e. The van der Waals surface area contributed by atoms with E-state index in [4.69, 9.17) is 0 Å². The van der Waals surface area contributed by atoms with E-state index < -0.39 is 6.03 Å². The summed E-state index contributed by atoms with van der Waals surface area (Å²) >= 11 is 6.78. The van der Waals surface area contributed by atoms with Crippen LogP contribution in [0.25, 0.3) is 5.69 Å². The molecule has 0 aliphatic carbocycles. The quantitative estimate of drug-likeness (QED) is 0.409. The molecule has 0 saturated heterocycles. The second-order valence-electron chi connectivity index (χ2n) is 5.11. The first-order valence-corrected chi connectivity index (χ1v) is 8.99. The molecule has 2 N–H and O–H groups in total. The Morgan fingerprint density at radius 1 is 1.00 bits per heavy atom. The maximum absolute atomic E-state index is 11.9. The molecular formula is C18H14Br2N4O. The molecule has 1 heterocycles. The molecule has 2 amide bonds. The van der Waals surface area contributed by atoms with Gasteiger partial charge < -0.3 is 9.88 Å². The van der Waals surface area contributed by atoms with E-state index in [1.54, 1.807) is 12.3 Å². The fourth-order valence-electron chi connectivity index (χ4n) is 2.22. The van der Waals surface area contributed by atoms with Crippen molar-refractivity contribution >= 4 is 49.8 Å². The Kier molecular flexibility index (Phi) is 5.67. The summed E-state index contributed by atoms with van der Waals surface area (Å²) in [7, 11) is 0. The number of aromatic nitrogens is 1. The van der Waals surface area contributed by atoms with Crippen molar-refractivity contribution < 1.29 is 4.79 Å². The summed E-state index contributed by atoms with van der Waals surface area (Å²) in [5.41, 5.74) is 5.00. The minimum Gasteiger partial charge on any atom is -0.316 e. The smallest absolute Gasteiger partial charge is 0.316 e. The zero-order chi connectivity index (χ0) is 17.6. The highest BCUT2D eigenvalue weighted by Gasteiger charge is 2.03. The van der Waals surface area contributed by atoms with E-state index in [2.05, 4.69) is 47.7 Å². The van der Waals surface area contributed by atoms with Gasteiger partial charge in [0.2, 0.25) is 0 Å². The molecule has 5 nitrogen and oxygen atoms in total. The Hall–Kier alpha value is -2.38. The van der Waals surface area contributed by atoms with Crippen molar-refractivity contribution in [2.75, 3.05) is 5.32 Å². The molecule has 0 spiro atoms. The van der Waals surface area contributed by atoms with E-state index in [9.17, 15) is 4.79 Å². The first-order valence-electron chi connectivity index (χ1n) is 7.41. The van der Waals surface area contributed by atoms with Crippen molar-refractivity contribution in [2.45, 2.75) is 0 Å². The predicted octanol–water partition coefficient (Wildman–Crippen LogP) is 5.16. The van der Waals surface area contributed by atoms with Crippen molar-refractivity contribution in [1.29, 1.82) is 0 Å². The van der Waals surface area contributed by atoms with Crippen LogP contribution in [0, 0.1) is 0 Å². The van der Waals surface area contributed by atoms with Crippen molar-refractivity contribution in [3.63, 3.8) is 0 Å². The minimum absolute atomic E-state index is 0.406. The van der Waals surface area contributed by atoms with Crippen molar-refractivity contribution in [3.05, 3.63) is 81.5 Å². The Labute approximate surface area is 162 Å². The van der Waals surface area contributed by atoms with Gasteiger partial charge in [-0.2, -0.15) is 5.10 Å². The number of carbonyl (C=O) groups excluding carboxylic acids is 1. The topological polar surface area (TPSA) is 58.4 Å². The summed E-state index contributed by atoms with van der Waals surface area (Å²) in [5.74, 6) is 0. The molecule has 3 rings (SSSR count). The summed E-state index contributed by atoms with van der Waals surface area (Å²) in [6.45, 7) is 0. The molecule has 0 atom stereocenters. The van der Waals surface area contributed by atoms with Gasteiger partial charge in [0, 0.05) is 26.5 Å². The van der Waals surface area contributed by atoms with Gasteiger partial charge in [-0.1, -0.05) is 37.9 Å². The van der Waals surface area contributed by atoms with Gasteiger partial charge in [-0.15, -0.1) is 0 Å². The lowest BCUT2D eigenvalue weighted by atomic mass is 10.3. The number of hydrazone groups is 1. The molecule has 0 bridgehead atoms. The van der Waals surface area contributed by atoms with Gasteiger partial charge in [-0.25, -0.2) is 10.2 Å². The molecule has 0 fully saturated rings. The SMILES string of the molecule is O=C(N/N=C/c1cccn1-c1ccc(Br)cc1)Nc1cccc(Br)c1. The van der Waals surface area contributed by atoms with Crippen LogP contribution >= 0.6 is 31.9 Å². The largest absolute Gasteiger partial charge is 0.339 e. The number of anilines is 1. The van der Waals surface area contributed by atoms with E-state index in [-0.39, 0.29) is 0 Å². The Bertz CT molecular complexity index is 903. The maximum atomic E-state index is 11.9. The van der Waals surface area contributed by atoms with Gasteiger partial charge in [0.15, 0.2) is 0 Å². The zero-order valence-electron chi connectivity index (χ0n) is 13.0. The average Bonchev–Trinajstić information content (AvgIpc) is 3.04. The lowest BCUT2D eigenvalue weighted by Gasteiger charge is -2.07. The van der Waals surface area contributed by atoms with Crippen LogP contribution in [0.5, 0.6) is 0 Å². The number of halogens is 2. The molecule has 1 aromatic heterocycles. The number of urea groups is 1. The van der Waals surface area contributed by atoms with E-state index in [1.165, 1.54) is 0 Å². The highest BCUT2D eigenvalue weighted by Crippen LogP contribution is 2.16. The van der Waals surface area contributed by atoms with E-state index >= 15 is 0 Å². The first-order chi connectivity index (χ1) is 12.1. The highest BCUT2D eigenvalue weighted by molar-refractivity contribution is 9.10. The second kappa shape index (κ2) is 8.13. The lowest BCUT2D eigenvalue weighted by Crippen LogP contribution is -2.24. The Balaban J connectivity index is 1.64. The van der Waals surface area contributed by atoms with Crippen LogP contribution in [0.3, 0.4) is 0 Å². The Morgan fingerprint density at radius 3 is 2.56 bits per heavy atom. The van der Waals surface area contributed by atoms with Crippen molar-refractivity contribution in [2.24, 2.45) is 5.10 Å². The molecule has 0 aliphatic rings. The molecular weight excluding hydrogens is 448 g/mol. The van der Waals surface area contributed by atoms with Crippen LogP contribution in [-0.2, 0) is 0 Å². The summed E-state index contributed by atoms with van der Waals surface area (Å²) in [5, 5.41) is 6.72. The molecule has 0 saturated carbocycles. The van der Waals surface area contributed by atoms with Crippen molar-refractivity contribution in [3.8, 4) is 5.69 Å². The molecule has 126 valence electrons. The van der Waals surface area contributed by atoms with Crippen LogP contribution in [0.15, 0.2) is 80.9 Å². The predicted molar refractivity (Wildman–Crippen MR) is 107 cm³/mol. The van der Waals surface area contributed by atoms with Crippen LogP contribution < -0.4 is 10.7 Å². The molecule has 2 aromatic carbocycles. The number of rotatable bonds is 4. The third kappa shape index (κ3) is 4.80. The van der Waals surface area contributed by atoms with E-state index in [0.29, 0.717) is 5.69 Å². The summed E-state index contributed by atoms with van der Waals surface area (Å²) < 4.78 is 3.88. The first kappa shape index (κ1) is 17.4. The van der Waals surface area contributed by atoms with Crippen molar-refractivity contribution in [1.82, 2.24) is 9.99 Å². The van der Waals surface area contributed by atoms with Gasteiger partial charge in [0.05, 0.1) is 11.9 Å². The third-order valence-electron chi connectivity index (χ3n) is 3.33. The number of hydrogen-bond donors (Lipinski definition) is 2. The van der Waals surface area contributed by atoms with Gasteiger partial charge in [-0.3, -0.25) is 0 Å². The number of nitrogens with zero attached hydrogens (tertiary/aromatic N) is 2. The van der Waals surface area contributed by atoms with E-state index in [1.807, 2.05) is 65.4 Å². The highest BCUT2D eigenvalue weighted by atomic mass is 79.9. The van der Waals surface area contributed by atoms with Gasteiger partial charge in [0.1, 0.15) is 0 Å². The number of carbonyl (C=O) groups is 1. The van der Waals surface area contributed by atoms with Crippen LogP contribution in [-0.4, -0.2) is 16.8 Å². The van der Waals surface area contributed by atoms with E-state index in [0.717, 1.165) is 20.3 Å². The summed E-state index contributed by atoms with van der Waals surface area (Å²) in [6, 6.07) is 18.7. The van der Waals surface area contributed by atoms with Gasteiger partial charge in [-0.05, 0) is 54.6 Å². The molecule has 0 unspecified atom stereocenters. The monoisotopic (exact) mass is 460 g/mol. The molecule has 7 heteroatoms. The lowest BCUT2D eigenvalue weighted by molar-refractivity contribution is 0.252. The summed E-state index contributed by atoms with van der Waals surface area (Å²) in [4.78, 5) is 11.9. The normalized spacial score (nSPS) is 10.8. The second-order valence-corrected chi connectivity index (χ2v) is 6.95. The fraction of sp³-hybridized carbons (Fsp3) is 0.